The summed E-state index contributed by atoms with van der Waals surface area (Å²) in [6, 6.07) is 20.3. The lowest BCUT2D eigenvalue weighted by molar-refractivity contribution is 0.322. The molecule has 0 fully saturated rings. The predicted molar refractivity (Wildman–Crippen MR) is 296 cm³/mol. The van der Waals surface area contributed by atoms with E-state index in [1.54, 1.807) is 63.6 Å². The van der Waals surface area contributed by atoms with E-state index in [9.17, 15) is 21.9 Å². The van der Waals surface area contributed by atoms with Crippen molar-refractivity contribution in [3.05, 3.63) is 83.2 Å². The number of hydrogen-bond donors (Lipinski definition) is 9. The molecule has 1 heterocycles. The Labute approximate surface area is 427 Å². The summed E-state index contributed by atoms with van der Waals surface area (Å²) >= 11 is 1.31. The van der Waals surface area contributed by atoms with Crippen molar-refractivity contribution in [2.75, 3.05) is 96.1 Å². The number of fused-ring (bicyclic) bond motifs is 1. The summed E-state index contributed by atoms with van der Waals surface area (Å²) in [6.07, 6.45) is 3.53. The van der Waals surface area contributed by atoms with E-state index in [4.69, 9.17) is 41.5 Å². The number of anilines is 10. The lowest BCUT2D eigenvalue weighted by atomic mass is 10.1. The Morgan fingerprint density at radius 3 is 1.53 bits per heavy atom. The zero-order valence-electron chi connectivity index (χ0n) is 42.4. The van der Waals surface area contributed by atoms with Crippen molar-refractivity contribution in [1.82, 2.24) is 15.0 Å². The van der Waals surface area contributed by atoms with Gasteiger partial charge in [-0.15, -0.1) is 0 Å². The summed E-state index contributed by atoms with van der Waals surface area (Å²) in [4.78, 5) is 17.6. The highest BCUT2D eigenvalue weighted by molar-refractivity contribution is 7.99. The molecule has 5 aromatic carbocycles. The van der Waals surface area contributed by atoms with Crippen molar-refractivity contribution < 1.29 is 40.5 Å². The molecule has 392 valence electrons. The Kier molecular flexibility index (Phi) is 22.9. The van der Waals surface area contributed by atoms with Gasteiger partial charge in [-0.2, -0.15) is 31.8 Å². The zero-order valence-corrected chi connectivity index (χ0v) is 44.8. The molecule has 0 radical (unpaired) electrons. The minimum Gasteiger partial charge on any atom is -0.495 e. The van der Waals surface area contributed by atoms with E-state index < -0.39 is 20.2 Å². The lowest BCUT2D eigenvalue weighted by Crippen LogP contribution is -2.29. The van der Waals surface area contributed by atoms with Crippen LogP contribution < -0.4 is 63.3 Å². The molecule has 0 spiro atoms. The largest absolute Gasteiger partial charge is 0.495 e. The highest BCUT2D eigenvalue weighted by Crippen LogP contribution is 2.39. The van der Waals surface area contributed by atoms with Gasteiger partial charge in [-0.3, -0.25) is 9.11 Å². The monoisotopic (exact) mass is 1050 g/mol. The average molecular weight is 1050 g/mol. The number of nitrogens with one attached hydrogen (secondary N) is 2. The quantitative estimate of drug-likeness (QED) is 0.0249. The van der Waals surface area contributed by atoms with Gasteiger partial charge in [0.15, 0.2) is 5.16 Å². The van der Waals surface area contributed by atoms with Gasteiger partial charge in [-0.1, -0.05) is 74.2 Å². The first-order valence-electron chi connectivity index (χ1n) is 23.0. The first kappa shape index (κ1) is 59.5. The standard InChI is InChI=1S/C27H41N9O3S.C10H9NO3S.C10H13NO3S.C2H6/c1-7-35(8-2)21-15-19(17(28)13-23(21)38-5)30-25-32-26(34-27(33-25)40-12-11-37)31-20-16-22(36(9-3)10-4)24(39-6)14-18(20)29;11-10-8-4-2-1-3-7(8)5-6-9(10)15(12,13)14;1-3-7-5-6-9(15(12,13)14)10(11)8(7)4-2;1-2/h13-16,37H,7-12,28-29H2,1-6H3,(H2,30,31,32,33,34);1-6H,11H2,(H,12,13,14);3-6H,11H2,1-2H3,(H,12,13,14);1-2H3/b;;7-3-,8-4+;. The smallest absolute Gasteiger partial charge is 0.296 e. The average Bonchev–Trinajstić information content (AvgIpc) is 3.35. The molecule has 6 rings (SSSR count). The van der Waals surface area contributed by atoms with Crippen LogP contribution in [-0.4, -0.2) is 98.8 Å². The molecule has 0 saturated carbocycles. The van der Waals surface area contributed by atoms with Crippen molar-refractivity contribution in [2.45, 2.75) is 70.3 Å². The van der Waals surface area contributed by atoms with Crippen molar-refractivity contribution in [3.8, 4) is 11.5 Å². The van der Waals surface area contributed by atoms with E-state index in [1.807, 2.05) is 51.1 Å². The molecule has 0 unspecified atom stereocenters. The molecule has 0 saturated heterocycles. The second kappa shape index (κ2) is 27.7. The number of rotatable bonds is 17. The summed E-state index contributed by atoms with van der Waals surface area (Å²) in [5, 5.41) is 19.2. The summed E-state index contributed by atoms with van der Waals surface area (Å²) in [6.45, 7) is 19.1. The van der Waals surface area contributed by atoms with E-state index in [2.05, 4.69) is 63.1 Å². The molecule has 20 nitrogen and oxygen atoms in total. The summed E-state index contributed by atoms with van der Waals surface area (Å²) in [7, 11) is -5.25. The first-order chi connectivity index (χ1) is 34.2. The van der Waals surface area contributed by atoms with Crippen LogP contribution in [0.3, 0.4) is 0 Å². The van der Waals surface area contributed by atoms with Gasteiger partial charge in [0.05, 0.1) is 66.3 Å². The number of aliphatic hydroxyl groups is 1. The van der Waals surface area contributed by atoms with Gasteiger partial charge in [0, 0.05) is 54.7 Å². The number of nitrogens with two attached hydrogens (primary N) is 4. The van der Waals surface area contributed by atoms with Crippen molar-refractivity contribution >= 4 is 112 Å². The Balaban J connectivity index is 0.000000346. The summed E-state index contributed by atoms with van der Waals surface area (Å²) < 4.78 is 72.9. The maximum atomic E-state index is 11.0. The molecule has 0 amide bonds. The number of aliphatic hydroxyl groups excluding tert-OH is 1. The number of benzene rings is 5. The fraction of sp³-hybridized carbons (Fsp3) is 0.327. The van der Waals surface area contributed by atoms with Crippen LogP contribution in [0, 0.1) is 0 Å². The molecule has 0 aliphatic rings. The fourth-order valence-electron chi connectivity index (χ4n) is 7.18. The number of hydrogen-bond acceptors (Lipinski definition) is 19. The van der Waals surface area contributed by atoms with Crippen LogP contribution in [0.25, 0.3) is 22.9 Å². The molecule has 1 aromatic heterocycles. The Bertz CT molecular complexity index is 3030. The van der Waals surface area contributed by atoms with Crippen molar-refractivity contribution in [3.63, 3.8) is 0 Å². The lowest BCUT2D eigenvalue weighted by Gasteiger charge is -2.25. The van der Waals surface area contributed by atoms with Gasteiger partial charge in [0.1, 0.15) is 21.3 Å². The maximum absolute atomic E-state index is 11.0. The number of nitrogens with zero attached hydrogens (tertiary/aromatic N) is 5. The normalized spacial score (nSPS) is 11.6. The first-order valence-corrected chi connectivity index (χ1v) is 26.8. The van der Waals surface area contributed by atoms with Gasteiger partial charge in [-0.05, 0) is 76.4 Å². The van der Waals surface area contributed by atoms with Crippen molar-refractivity contribution in [2.24, 2.45) is 0 Å². The third-order valence-electron chi connectivity index (χ3n) is 10.7. The van der Waals surface area contributed by atoms with Crippen LogP contribution in [0.2, 0.25) is 0 Å². The number of methoxy groups -OCH3 is 2. The van der Waals surface area contributed by atoms with Crippen LogP contribution in [-0.2, 0) is 20.2 Å². The minimum atomic E-state index is -4.25. The molecule has 0 aliphatic heterocycles. The highest BCUT2D eigenvalue weighted by Gasteiger charge is 2.19. The van der Waals surface area contributed by atoms with Gasteiger partial charge < -0.3 is 57.9 Å². The Hall–Kier alpha value is -6.76. The van der Waals surface area contributed by atoms with E-state index in [-0.39, 0.29) is 39.7 Å². The van der Waals surface area contributed by atoms with E-state index >= 15 is 0 Å². The number of nitrogen functional groups attached to an aromatic ring is 4. The fourth-order valence-corrected chi connectivity index (χ4v) is 9.01. The van der Waals surface area contributed by atoms with Gasteiger partial charge in [0.2, 0.25) is 11.9 Å². The van der Waals surface area contributed by atoms with Crippen molar-refractivity contribution in [1.29, 1.82) is 0 Å². The third kappa shape index (κ3) is 15.4. The van der Waals surface area contributed by atoms with Gasteiger partial charge in [-0.25, -0.2) is 0 Å². The third-order valence-corrected chi connectivity index (χ3v) is 13.4. The summed E-state index contributed by atoms with van der Waals surface area (Å²) in [5.41, 5.74) is 28.3. The molecule has 0 bridgehead atoms. The van der Waals surface area contributed by atoms with Crippen LogP contribution in [0.4, 0.5) is 57.4 Å². The number of ether oxygens (including phenoxy) is 2. The molecule has 13 N–H and O–H groups in total. The van der Waals surface area contributed by atoms with E-state index in [0.29, 0.717) is 55.8 Å². The minimum absolute atomic E-state index is 0.0147. The van der Waals surface area contributed by atoms with Crippen LogP contribution >= 0.6 is 11.8 Å². The molecule has 6 aromatic rings. The van der Waals surface area contributed by atoms with Gasteiger partial charge in [0.25, 0.3) is 20.2 Å². The zero-order chi connectivity index (χ0) is 53.9. The maximum Gasteiger partial charge on any atom is 0.296 e. The second-order valence-electron chi connectivity index (χ2n) is 14.9. The molecular formula is C49H69N11O9S3. The van der Waals surface area contributed by atoms with Crippen LogP contribution in [0.1, 0.15) is 55.4 Å². The molecule has 0 aliphatic carbocycles. The highest BCUT2D eigenvalue weighted by atomic mass is 32.2. The Morgan fingerprint density at radius 2 is 1.11 bits per heavy atom. The molecule has 23 heteroatoms. The number of aromatic nitrogens is 3. The van der Waals surface area contributed by atoms with Gasteiger partial charge >= 0.3 is 0 Å². The van der Waals surface area contributed by atoms with E-state index in [0.717, 1.165) is 48.2 Å². The second-order valence-corrected chi connectivity index (χ2v) is 18.7. The summed E-state index contributed by atoms with van der Waals surface area (Å²) in [5.74, 6) is 2.37. The molecule has 72 heavy (non-hydrogen) atoms. The Morgan fingerprint density at radius 1 is 0.653 bits per heavy atom. The van der Waals surface area contributed by atoms with E-state index in [1.165, 1.54) is 23.9 Å². The van der Waals surface area contributed by atoms with Crippen LogP contribution in [0.15, 0.2) is 87.7 Å². The molecular weight excluding hydrogens is 983 g/mol. The topological polar surface area (TPSA) is 321 Å². The predicted octanol–water partition coefficient (Wildman–Crippen LogP) is 7.13. The van der Waals surface area contributed by atoms with Crippen LogP contribution in [0.5, 0.6) is 11.5 Å². The molecule has 0 atom stereocenters. The SMILES string of the molecule is C/C=c1/ccc(S(=O)(=O)O)c(N)/c1=C/C.CC.CCN(CC)c1cc(Nc2nc(Nc3cc(N(CC)CC)c(OC)cc3N)nc(SCCO)n2)c(N)cc1OC.Nc1c(S(=O)(=O)O)ccc2ccccc12. The number of thioether (sulfide) groups is 1.